The van der Waals surface area contributed by atoms with Gasteiger partial charge in [0.1, 0.15) is 0 Å². The Balaban J connectivity index is 2.42. The van der Waals surface area contributed by atoms with Crippen molar-refractivity contribution in [3.8, 4) is 0 Å². The van der Waals surface area contributed by atoms with Gasteiger partial charge in [-0.1, -0.05) is 27.7 Å². The van der Waals surface area contributed by atoms with Gasteiger partial charge in [0, 0.05) is 16.4 Å². The molecule has 0 amide bonds. The molecular weight excluding hydrogens is 316 g/mol. The van der Waals surface area contributed by atoms with Gasteiger partial charge in [0.25, 0.3) is 0 Å². The lowest BCUT2D eigenvalue weighted by Crippen LogP contribution is -1.99. The number of carboxylic acids is 1. The Bertz CT molecular complexity index is 610. The molecule has 0 saturated carbocycles. The maximum absolute atomic E-state index is 11.2. The minimum absolute atomic E-state index is 0.294. The maximum atomic E-state index is 11.2. The van der Waals surface area contributed by atoms with Gasteiger partial charge in [-0.15, -0.1) is 0 Å². The molecule has 0 spiro atoms. The van der Waals surface area contributed by atoms with E-state index in [1.54, 1.807) is 22.9 Å². The normalized spacial score (nSPS) is 10.6. The molecule has 2 aromatic rings. The Labute approximate surface area is 117 Å². The lowest BCUT2D eigenvalue weighted by atomic mass is 10.2. The molecule has 0 aliphatic heterocycles. The first-order chi connectivity index (χ1) is 8.47. The van der Waals surface area contributed by atoms with Crippen LogP contribution < -0.4 is 0 Å². The van der Waals surface area contributed by atoms with Crippen LogP contribution in [0, 0.1) is 6.92 Å². The third-order valence-electron chi connectivity index (χ3n) is 2.35. The number of hydrogen-bond donors (Lipinski definition) is 1. The van der Waals surface area contributed by atoms with Crippen molar-refractivity contribution in [1.29, 1.82) is 0 Å². The number of carboxylic acid groups (broad SMARTS) is 1. The minimum atomic E-state index is -0.927. The summed E-state index contributed by atoms with van der Waals surface area (Å²) in [6.07, 6.45) is 0. The molecule has 0 fully saturated rings. The molecule has 2 rings (SSSR count). The molecule has 1 aromatic carbocycles. The van der Waals surface area contributed by atoms with Crippen molar-refractivity contribution in [3.63, 3.8) is 0 Å². The summed E-state index contributed by atoms with van der Waals surface area (Å²) < 4.78 is 2.60. The topological polar surface area (TPSA) is 55.1 Å². The molecule has 1 aromatic heterocycles. The van der Waals surface area contributed by atoms with Crippen molar-refractivity contribution in [3.05, 3.63) is 40.0 Å². The second kappa shape index (κ2) is 5.16. The summed E-state index contributed by atoms with van der Waals surface area (Å²) in [5.41, 5.74) is 1.20. The number of benzene rings is 1. The molecule has 1 heterocycles. The minimum Gasteiger partial charge on any atom is -0.478 e. The number of nitrogens with zero attached hydrogens (tertiary/aromatic N) is 2. The molecule has 0 unspecified atom stereocenters. The lowest BCUT2D eigenvalue weighted by molar-refractivity contribution is 0.0693. The standard InChI is InChI=1S/C12H11BrN2O2S/c1-7-5-11(15(2)14-7)18-10-6-8(13)3-4-9(10)12(16)17/h3-6H,1-2H3,(H,16,17). The van der Waals surface area contributed by atoms with E-state index in [0.29, 0.717) is 10.5 Å². The fraction of sp³-hybridized carbons (Fsp3) is 0.167. The van der Waals surface area contributed by atoms with E-state index in [-0.39, 0.29) is 0 Å². The largest absolute Gasteiger partial charge is 0.478 e. The van der Waals surface area contributed by atoms with Gasteiger partial charge in [-0.3, -0.25) is 4.68 Å². The molecule has 0 radical (unpaired) electrons. The monoisotopic (exact) mass is 326 g/mol. The van der Waals surface area contributed by atoms with Crippen molar-refractivity contribution in [2.24, 2.45) is 7.05 Å². The highest BCUT2D eigenvalue weighted by molar-refractivity contribution is 9.10. The van der Waals surface area contributed by atoms with Crippen LogP contribution in [0.2, 0.25) is 0 Å². The molecule has 18 heavy (non-hydrogen) atoms. The molecule has 0 aliphatic carbocycles. The molecule has 1 N–H and O–H groups in total. The molecule has 0 bridgehead atoms. The van der Waals surface area contributed by atoms with Gasteiger partial charge in [0.15, 0.2) is 0 Å². The predicted octanol–water partition coefficient (Wildman–Crippen LogP) is 3.34. The van der Waals surface area contributed by atoms with Crippen LogP contribution in [0.15, 0.2) is 38.7 Å². The molecule has 6 heteroatoms. The lowest BCUT2D eigenvalue weighted by Gasteiger charge is -2.06. The Morgan fingerprint density at radius 3 is 2.72 bits per heavy atom. The van der Waals surface area contributed by atoms with Crippen molar-refractivity contribution in [1.82, 2.24) is 9.78 Å². The maximum Gasteiger partial charge on any atom is 0.336 e. The Morgan fingerprint density at radius 1 is 1.44 bits per heavy atom. The van der Waals surface area contributed by atoms with Crippen LogP contribution in [-0.4, -0.2) is 20.9 Å². The summed E-state index contributed by atoms with van der Waals surface area (Å²) in [5.74, 6) is -0.927. The van der Waals surface area contributed by atoms with Crippen LogP contribution in [0.5, 0.6) is 0 Å². The number of hydrogen-bond acceptors (Lipinski definition) is 3. The Hall–Kier alpha value is -1.27. The zero-order valence-corrected chi connectivity index (χ0v) is 12.2. The van der Waals surface area contributed by atoms with Crippen LogP contribution in [-0.2, 0) is 7.05 Å². The highest BCUT2D eigenvalue weighted by atomic mass is 79.9. The van der Waals surface area contributed by atoms with E-state index >= 15 is 0 Å². The molecular formula is C12H11BrN2O2S. The SMILES string of the molecule is Cc1cc(Sc2cc(Br)ccc2C(=O)O)n(C)n1. The van der Waals surface area contributed by atoms with Gasteiger partial charge in [0.05, 0.1) is 16.3 Å². The number of aromatic nitrogens is 2. The van der Waals surface area contributed by atoms with Crippen molar-refractivity contribution in [2.75, 3.05) is 0 Å². The summed E-state index contributed by atoms with van der Waals surface area (Å²) in [5, 5.41) is 14.3. The molecule has 94 valence electrons. The molecule has 0 aliphatic rings. The summed E-state index contributed by atoms with van der Waals surface area (Å²) in [6.45, 7) is 1.91. The van der Waals surface area contributed by atoms with Crippen LogP contribution in [0.4, 0.5) is 0 Å². The van der Waals surface area contributed by atoms with Crippen LogP contribution in [0.25, 0.3) is 0 Å². The fourth-order valence-electron chi connectivity index (χ4n) is 1.55. The average molecular weight is 327 g/mol. The zero-order chi connectivity index (χ0) is 13.3. The predicted molar refractivity (Wildman–Crippen MR) is 73.2 cm³/mol. The first-order valence-electron chi connectivity index (χ1n) is 5.18. The van der Waals surface area contributed by atoms with Gasteiger partial charge in [-0.05, 0) is 31.2 Å². The quantitative estimate of drug-likeness (QED) is 0.939. The molecule has 4 nitrogen and oxygen atoms in total. The van der Waals surface area contributed by atoms with Crippen molar-refractivity contribution >= 4 is 33.7 Å². The van der Waals surface area contributed by atoms with Crippen LogP contribution >= 0.6 is 27.7 Å². The number of carbonyl (C=O) groups is 1. The summed E-state index contributed by atoms with van der Waals surface area (Å²) in [6, 6.07) is 7.05. The second-order valence-corrected chi connectivity index (χ2v) is 5.77. The van der Waals surface area contributed by atoms with E-state index in [1.807, 2.05) is 20.0 Å². The third kappa shape index (κ3) is 2.76. The van der Waals surface area contributed by atoms with E-state index in [1.165, 1.54) is 11.8 Å². The van der Waals surface area contributed by atoms with Gasteiger partial charge < -0.3 is 5.11 Å². The van der Waals surface area contributed by atoms with Gasteiger partial charge in [0.2, 0.25) is 0 Å². The van der Waals surface area contributed by atoms with E-state index in [4.69, 9.17) is 5.11 Å². The van der Waals surface area contributed by atoms with Gasteiger partial charge in [-0.25, -0.2) is 4.79 Å². The van der Waals surface area contributed by atoms with Crippen LogP contribution in [0.1, 0.15) is 16.1 Å². The Morgan fingerprint density at radius 2 is 2.17 bits per heavy atom. The van der Waals surface area contributed by atoms with Crippen molar-refractivity contribution < 1.29 is 9.90 Å². The highest BCUT2D eigenvalue weighted by Gasteiger charge is 2.13. The Kier molecular flexibility index (Phi) is 3.77. The first kappa shape index (κ1) is 13.2. The third-order valence-corrected chi connectivity index (χ3v) is 3.99. The van der Waals surface area contributed by atoms with Gasteiger partial charge in [-0.2, -0.15) is 5.10 Å². The average Bonchev–Trinajstić information content (AvgIpc) is 2.57. The molecule has 0 atom stereocenters. The first-order valence-corrected chi connectivity index (χ1v) is 6.79. The van der Waals surface area contributed by atoms with Gasteiger partial charge >= 0.3 is 5.97 Å². The van der Waals surface area contributed by atoms with Crippen molar-refractivity contribution in [2.45, 2.75) is 16.8 Å². The van der Waals surface area contributed by atoms with E-state index in [2.05, 4.69) is 21.0 Å². The van der Waals surface area contributed by atoms with E-state index in [9.17, 15) is 4.79 Å². The summed E-state index contributed by atoms with van der Waals surface area (Å²) in [7, 11) is 1.84. The second-order valence-electron chi connectivity index (χ2n) is 3.80. The number of aromatic carboxylic acids is 1. The summed E-state index contributed by atoms with van der Waals surface area (Å²) >= 11 is 4.75. The van der Waals surface area contributed by atoms with E-state index < -0.39 is 5.97 Å². The zero-order valence-electron chi connectivity index (χ0n) is 9.85. The smallest absolute Gasteiger partial charge is 0.336 e. The molecule has 0 saturated heterocycles. The van der Waals surface area contributed by atoms with Crippen LogP contribution in [0.3, 0.4) is 0 Å². The fourth-order valence-corrected chi connectivity index (χ4v) is 3.14. The number of rotatable bonds is 3. The van der Waals surface area contributed by atoms with E-state index in [0.717, 1.165) is 15.2 Å². The highest BCUT2D eigenvalue weighted by Crippen LogP contribution is 2.32. The number of aryl methyl sites for hydroxylation is 2. The summed E-state index contributed by atoms with van der Waals surface area (Å²) in [4.78, 5) is 11.9. The number of halogens is 1.